The lowest BCUT2D eigenvalue weighted by atomic mass is 10.0. The third-order valence-electron chi connectivity index (χ3n) is 3.19. The first kappa shape index (κ1) is 14.6. The molecule has 98 valence electrons. The normalized spacial score (nSPS) is 12.2. The van der Waals surface area contributed by atoms with Gasteiger partial charge in [-0.25, -0.2) is 0 Å². The smallest absolute Gasteiger partial charge is 0.0674 e. The topological polar surface area (TPSA) is 27.0 Å². The van der Waals surface area contributed by atoms with Crippen LogP contribution in [0.15, 0.2) is 24.3 Å². The van der Waals surface area contributed by atoms with Crippen molar-refractivity contribution in [2.45, 2.75) is 33.6 Å². The third-order valence-corrected chi connectivity index (χ3v) is 3.19. The summed E-state index contributed by atoms with van der Waals surface area (Å²) in [5, 5.41) is 8.99. The van der Waals surface area contributed by atoms with Crippen LogP contribution < -0.4 is 4.90 Å². The molecule has 0 aromatic heterocycles. The second kappa shape index (κ2) is 7.06. The molecule has 18 heavy (non-hydrogen) atoms. The van der Waals surface area contributed by atoms with Crippen LogP contribution in [0.1, 0.15) is 32.8 Å². The van der Waals surface area contributed by atoms with E-state index in [0.29, 0.717) is 5.92 Å². The van der Waals surface area contributed by atoms with Crippen LogP contribution in [0, 0.1) is 23.2 Å². The minimum absolute atomic E-state index is 0.116. The minimum atomic E-state index is 0.116. The van der Waals surface area contributed by atoms with Crippen LogP contribution in [0.2, 0.25) is 0 Å². The van der Waals surface area contributed by atoms with Gasteiger partial charge in [0.1, 0.15) is 0 Å². The molecule has 1 aromatic carbocycles. The Bertz CT molecular complexity index is 387. The molecule has 0 aliphatic heterocycles. The zero-order valence-corrected chi connectivity index (χ0v) is 12.0. The number of nitriles is 1. The molecule has 0 saturated carbocycles. The van der Waals surface area contributed by atoms with E-state index < -0.39 is 0 Å². The summed E-state index contributed by atoms with van der Waals surface area (Å²) in [5.74, 6) is 0.807. The Kier molecular flexibility index (Phi) is 5.71. The van der Waals surface area contributed by atoms with Crippen molar-refractivity contribution >= 4 is 5.69 Å². The highest BCUT2D eigenvalue weighted by Crippen LogP contribution is 2.17. The minimum Gasteiger partial charge on any atom is -0.373 e. The van der Waals surface area contributed by atoms with Gasteiger partial charge in [-0.3, -0.25) is 0 Å². The maximum atomic E-state index is 8.99. The SMILES string of the molecule is CCC(C#N)CN(C)c1ccc(CC(C)C)cc1. The van der Waals surface area contributed by atoms with E-state index in [9.17, 15) is 0 Å². The van der Waals surface area contributed by atoms with Gasteiger partial charge in [0, 0.05) is 19.3 Å². The number of nitrogens with zero attached hydrogens (tertiary/aromatic N) is 2. The Morgan fingerprint density at radius 1 is 1.22 bits per heavy atom. The van der Waals surface area contributed by atoms with E-state index in [1.54, 1.807) is 0 Å². The molecular weight excluding hydrogens is 220 g/mol. The molecule has 1 aromatic rings. The Labute approximate surface area is 111 Å². The van der Waals surface area contributed by atoms with Crippen molar-refractivity contribution in [1.82, 2.24) is 0 Å². The van der Waals surface area contributed by atoms with Crippen LogP contribution in [0.3, 0.4) is 0 Å². The number of hydrogen-bond donors (Lipinski definition) is 0. The Morgan fingerprint density at radius 2 is 1.83 bits per heavy atom. The molecule has 0 spiro atoms. The monoisotopic (exact) mass is 244 g/mol. The summed E-state index contributed by atoms with van der Waals surface area (Å²) >= 11 is 0. The number of benzene rings is 1. The van der Waals surface area contributed by atoms with Crippen LogP contribution in [-0.4, -0.2) is 13.6 Å². The predicted molar refractivity (Wildman–Crippen MR) is 77.6 cm³/mol. The van der Waals surface area contributed by atoms with E-state index >= 15 is 0 Å². The van der Waals surface area contributed by atoms with E-state index in [0.717, 1.165) is 19.4 Å². The number of rotatable bonds is 6. The van der Waals surface area contributed by atoms with Crippen LogP contribution >= 0.6 is 0 Å². The molecule has 1 unspecified atom stereocenters. The van der Waals surface area contributed by atoms with Gasteiger partial charge in [0.15, 0.2) is 0 Å². The van der Waals surface area contributed by atoms with E-state index in [1.807, 2.05) is 0 Å². The summed E-state index contributed by atoms with van der Waals surface area (Å²) in [6.07, 6.45) is 2.03. The van der Waals surface area contributed by atoms with Crippen LogP contribution in [0.4, 0.5) is 5.69 Å². The van der Waals surface area contributed by atoms with Crippen LogP contribution in [0.5, 0.6) is 0 Å². The molecule has 2 heteroatoms. The molecule has 0 saturated heterocycles. The Balaban J connectivity index is 2.64. The van der Waals surface area contributed by atoms with Gasteiger partial charge >= 0.3 is 0 Å². The fraction of sp³-hybridized carbons (Fsp3) is 0.562. The second-order valence-corrected chi connectivity index (χ2v) is 5.38. The van der Waals surface area contributed by atoms with Crippen molar-refractivity contribution in [3.63, 3.8) is 0 Å². The highest BCUT2D eigenvalue weighted by atomic mass is 15.1. The van der Waals surface area contributed by atoms with Crippen molar-refractivity contribution < 1.29 is 0 Å². The zero-order valence-electron chi connectivity index (χ0n) is 12.0. The molecule has 1 rings (SSSR count). The summed E-state index contributed by atoms with van der Waals surface area (Å²) in [5.41, 5.74) is 2.57. The molecule has 0 N–H and O–H groups in total. The standard InChI is InChI=1S/C16H24N2/c1-5-14(11-17)12-18(4)16-8-6-15(7-9-16)10-13(2)3/h6-9,13-14H,5,10,12H2,1-4H3. The zero-order chi connectivity index (χ0) is 13.5. The Hall–Kier alpha value is -1.49. The van der Waals surface area contributed by atoms with Gasteiger partial charge in [-0.2, -0.15) is 5.26 Å². The maximum absolute atomic E-state index is 8.99. The fourth-order valence-electron chi connectivity index (χ4n) is 2.06. The van der Waals surface area contributed by atoms with E-state index in [1.165, 1.54) is 11.3 Å². The lowest BCUT2D eigenvalue weighted by Crippen LogP contribution is -2.24. The fourth-order valence-corrected chi connectivity index (χ4v) is 2.06. The van der Waals surface area contributed by atoms with Gasteiger partial charge in [-0.15, -0.1) is 0 Å². The quantitative estimate of drug-likeness (QED) is 0.759. The lowest BCUT2D eigenvalue weighted by Gasteiger charge is -2.21. The highest BCUT2D eigenvalue weighted by Gasteiger charge is 2.09. The van der Waals surface area contributed by atoms with Gasteiger partial charge in [0.25, 0.3) is 0 Å². The summed E-state index contributed by atoms with van der Waals surface area (Å²) in [6, 6.07) is 11.0. The van der Waals surface area contributed by atoms with E-state index in [4.69, 9.17) is 5.26 Å². The average Bonchev–Trinajstić information content (AvgIpc) is 2.35. The lowest BCUT2D eigenvalue weighted by molar-refractivity contribution is 0.630. The summed E-state index contributed by atoms with van der Waals surface area (Å²) in [7, 11) is 2.05. The number of hydrogen-bond acceptors (Lipinski definition) is 2. The molecule has 0 bridgehead atoms. The third kappa shape index (κ3) is 4.41. The molecule has 0 radical (unpaired) electrons. The van der Waals surface area contributed by atoms with E-state index in [2.05, 4.69) is 63.1 Å². The first-order chi connectivity index (χ1) is 8.56. The number of anilines is 1. The molecule has 1 atom stereocenters. The average molecular weight is 244 g/mol. The summed E-state index contributed by atoms with van der Waals surface area (Å²) in [6.45, 7) is 7.33. The second-order valence-electron chi connectivity index (χ2n) is 5.38. The summed E-state index contributed by atoms with van der Waals surface area (Å²) in [4.78, 5) is 2.16. The van der Waals surface area contributed by atoms with Gasteiger partial charge in [0.2, 0.25) is 0 Å². The van der Waals surface area contributed by atoms with Crippen molar-refractivity contribution in [1.29, 1.82) is 5.26 Å². The van der Waals surface area contributed by atoms with Crippen LogP contribution in [-0.2, 0) is 6.42 Å². The van der Waals surface area contributed by atoms with Gasteiger partial charge in [-0.1, -0.05) is 32.9 Å². The van der Waals surface area contributed by atoms with Crippen molar-refractivity contribution in [2.24, 2.45) is 11.8 Å². The maximum Gasteiger partial charge on any atom is 0.0674 e. The molecule has 0 amide bonds. The van der Waals surface area contributed by atoms with Crippen LogP contribution in [0.25, 0.3) is 0 Å². The highest BCUT2D eigenvalue weighted by molar-refractivity contribution is 5.47. The van der Waals surface area contributed by atoms with Crippen molar-refractivity contribution in [3.05, 3.63) is 29.8 Å². The van der Waals surface area contributed by atoms with Crippen molar-refractivity contribution in [2.75, 3.05) is 18.5 Å². The van der Waals surface area contributed by atoms with Gasteiger partial charge in [-0.05, 0) is 36.5 Å². The molecule has 0 aliphatic carbocycles. The molecular formula is C16H24N2. The first-order valence-corrected chi connectivity index (χ1v) is 6.76. The molecule has 0 fully saturated rings. The van der Waals surface area contributed by atoms with Gasteiger partial charge in [0.05, 0.1) is 12.0 Å². The molecule has 0 heterocycles. The Morgan fingerprint density at radius 3 is 2.28 bits per heavy atom. The largest absolute Gasteiger partial charge is 0.373 e. The van der Waals surface area contributed by atoms with E-state index in [-0.39, 0.29) is 5.92 Å². The van der Waals surface area contributed by atoms with Gasteiger partial charge < -0.3 is 4.90 Å². The van der Waals surface area contributed by atoms with Crippen molar-refractivity contribution in [3.8, 4) is 6.07 Å². The summed E-state index contributed by atoms with van der Waals surface area (Å²) < 4.78 is 0. The first-order valence-electron chi connectivity index (χ1n) is 6.76. The molecule has 2 nitrogen and oxygen atoms in total. The molecule has 0 aliphatic rings. The predicted octanol–water partition coefficient (Wildman–Crippen LogP) is 3.87.